The number of nitrogens with zero attached hydrogens (tertiary/aromatic N) is 2. The van der Waals surface area contributed by atoms with Gasteiger partial charge in [-0.05, 0) is 25.3 Å². The maximum absolute atomic E-state index is 10.9. The maximum Gasteiger partial charge on any atom is 0.311 e. The monoisotopic (exact) mass is 252 g/mol. The summed E-state index contributed by atoms with van der Waals surface area (Å²) in [7, 11) is 0. The predicted octanol–water partition coefficient (Wildman–Crippen LogP) is 2.17. The Morgan fingerprint density at radius 2 is 2.28 bits per heavy atom. The smallest absolute Gasteiger partial charge is 0.311 e. The van der Waals surface area contributed by atoms with Crippen molar-refractivity contribution >= 4 is 11.5 Å². The van der Waals surface area contributed by atoms with E-state index in [1.807, 2.05) is 6.92 Å². The highest BCUT2D eigenvalue weighted by Gasteiger charge is 2.27. The lowest BCUT2D eigenvalue weighted by atomic mass is 9.90. The van der Waals surface area contributed by atoms with E-state index in [1.54, 1.807) is 6.07 Å². The van der Waals surface area contributed by atoms with Crippen molar-refractivity contribution in [3.8, 4) is 0 Å². The van der Waals surface area contributed by atoms with Crippen molar-refractivity contribution < 1.29 is 4.92 Å². The van der Waals surface area contributed by atoms with Crippen LogP contribution in [-0.2, 0) is 0 Å². The molecule has 1 heterocycles. The van der Waals surface area contributed by atoms with Gasteiger partial charge in [0.25, 0.3) is 0 Å². The van der Waals surface area contributed by atoms with Crippen molar-refractivity contribution in [2.75, 3.05) is 11.9 Å². The second-order valence-electron chi connectivity index (χ2n) is 5.12. The molecule has 0 aliphatic carbocycles. The van der Waals surface area contributed by atoms with Crippen LogP contribution in [-0.4, -0.2) is 22.0 Å². The van der Waals surface area contributed by atoms with E-state index in [-0.39, 0.29) is 11.5 Å². The molecule has 1 rings (SSSR count). The van der Waals surface area contributed by atoms with Gasteiger partial charge < -0.3 is 11.1 Å². The number of rotatable bonds is 6. The van der Waals surface area contributed by atoms with Gasteiger partial charge in [-0.3, -0.25) is 10.1 Å². The van der Waals surface area contributed by atoms with Crippen LogP contribution >= 0.6 is 0 Å². The second-order valence-corrected chi connectivity index (χ2v) is 5.12. The Labute approximate surface area is 107 Å². The van der Waals surface area contributed by atoms with Crippen LogP contribution in [0.25, 0.3) is 0 Å². The van der Waals surface area contributed by atoms with Crippen molar-refractivity contribution in [1.29, 1.82) is 0 Å². The standard InChI is InChI=1S/C12H20N4O2/c1-9(2)7-12(3,8-13)15-11-10(16(17)18)5-4-6-14-11/h4-6,9H,7-8,13H2,1-3H3,(H,14,15). The lowest BCUT2D eigenvalue weighted by molar-refractivity contribution is -0.384. The van der Waals surface area contributed by atoms with E-state index in [9.17, 15) is 10.1 Å². The van der Waals surface area contributed by atoms with E-state index >= 15 is 0 Å². The normalized spacial score (nSPS) is 14.3. The van der Waals surface area contributed by atoms with Crippen LogP contribution in [0.15, 0.2) is 18.3 Å². The Balaban J connectivity index is 2.98. The molecule has 1 aromatic rings. The molecule has 0 amide bonds. The SMILES string of the molecule is CC(C)CC(C)(CN)Nc1ncccc1[N+](=O)[O-]. The summed E-state index contributed by atoms with van der Waals surface area (Å²) in [6, 6.07) is 2.98. The zero-order valence-corrected chi connectivity index (χ0v) is 11.0. The maximum atomic E-state index is 10.9. The average Bonchev–Trinajstić information content (AvgIpc) is 2.28. The number of anilines is 1. The predicted molar refractivity (Wildman–Crippen MR) is 71.4 cm³/mol. The van der Waals surface area contributed by atoms with Gasteiger partial charge in [0, 0.05) is 24.3 Å². The fraction of sp³-hybridized carbons (Fsp3) is 0.583. The summed E-state index contributed by atoms with van der Waals surface area (Å²) >= 11 is 0. The molecule has 0 radical (unpaired) electrons. The van der Waals surface area contributed by atoms with Gasteiger partial charge in [0.15, 0.2) is 0 Å². The van der Waals surface area contributed by atoms with E-state index in [4.69, 9.17) is 5.73 Å². The number of aromatic nitrogens is 1. The van der Waals surface area contributed by atoms with Crippen molar-refractivity contribution in [2.45, 2.75) is 32.7 Å². The van der Waals surface area contributed by atoms with Gasteiger partial charge >= 0.3 is 5.69 Å². The Hall–Kier alpha value is -1.69. The molecule has 0 bridgehead atoms. The molecule has 6 heteroatoms. The van der Waals surface area contributed by atoms with E-state index < -0.39 is 10.5 Å². The highest BCUT2D eigenvalue weighted by molar-refractivity contribution is 5.56. The number of hydrogen-bond donors (Lipinski definition) is 2. The number of pyridine rings is 1. The first-order chi connectivity index (χ1) is 8.38. The molecule has 3 N–H and O–H groups in total. The lowest BCUT2D eigenvalue weighted by Crippen LogP contribution is -2.44. The average molecular weight is 252 g/mol. The third-order valence-electron chi connectivity index (χ3n) is 2.71. The van der Waals surface area contributed by atoms with Crippen molar-refractivity contribution in [3.05, 3.63) is 28.4 Å². The van der Waals surface area contributed by atoms with Gasteiger partial charge in [-0.15, -0.1) is 0 Å². The highest BCUT2D eigenvalue weighted by Crippen LogP contribution is 2.26. The molecule has 0 spiro atoms. The van der Waals surface area contributed by atoms with Gasteiger partial charge in [-0.1, -0.05) is 13.8 Å². The lowest BCUT2D eigenvalue weighted by Gasteiger charge is -2.31. The molecule has 0 fully saturated rings. The van der Waals surface area contributed by atoms with E-state index in [2.05, 4.69) is 24.1 Å². The number of nitro groups is 1. The highest BCUT2D eigenvalue weighted by atomic mass is 16.6. The van der Waals surface area contributed by atoms with Crippen molar-refractivity contribution in [3.63, 3.8) is 0 Å². The number of nitrogens with one attached hydrogen (secondary N) is 1. The van der Waals surface area contributed by atoms with Gasteiger partial charge in [0.05, 0.1) is 4.92 Å². The second kappa shape index (κ2) is 5.77. The fourth-order valence-electron chi connectivity index (χ4n) is 2.01. The summed E-state index contributed by atoms with van der Waals surface area (Å²) in [6.07, 6.45) is 2.35. The van der Waals surface area contributed by atoms with E-state index in [1.165, 1.54) is 12.3 Å². The molecule has 0 aliphatic heterocycles. The minimum absolute atomic E-state index is 0.0269. The number of hydrogen-bond acceptors (Lipinski definition) is 5. The topological polar surface area (TPSA) is 94.1 Å². The molecule has 18 heavy (non-hydrogen) atoms. The third-order valence-corrected chi connectivity index (χ3v) is 2.71. The quantitative estimate of drug-likeness (QED) is 0.597. The van der Waals surface area contributed by atoms with Crippen LogP contribution in [0.5, 0.6) is 0 Å². The summed E-state index contributed by atoms with van der Waals surface area (Å²) in [6.45, 7) is 6.51. The van der Waals surface area contributed by atoms with Crippen LogP contribution in [0.2, 0.25) is 0 Å². The minimum atomic E-state index is -0.443. The van der Waals surface area contributed by atoms with Crippen LogP contribution < -0.4 is 11.1 Å². The summed E-state index contributed by atoms with van der Waals surface area (Å²) in [5.74, 6) is 0.713. The molecule has 0 aliphatic rings. The van der Waals surface area contributed by atoms with Gasteiger partial charge in [0.2, 0.25) is 5.82 Å². The molecule has 0 saturated heterocycles. The Morgan fingerprint density at radius 1 is 1.61 bits per heavy atom. The largest absolute Gasteiger partial charge is 0.358 e. The van der Waals surface area contributed by atoms with Crippen LogP contribution in [0.3, 0.4) is 0 Å². The molecule has 0 saturated carbocycles. The zero-order valence-electron chi connectivity index (χ0n) is 11.0. The Bertz CT molecular complexity index is 422. The zero-order chi connectivity index (χ0) is 13.8. The first kappa shape index (κ1) is 14.4. The van der Waals surface area contributed by atoms with Gasteiger partial charge in [-0.2, -0.15) is 0 Å². The van der Waals surface area contributed by atoms with Gasteiger partial charge in [-0.25, -0.2) is 4.98 Å². The molecule has 0 aromatic carbocycles. The molecule has 100 valence electrons. The minimum Gasteiger partial charge on any atom is -0.358 e. The van der Waals surface area contributed by atoms with Crippen LogP contribution in [0.1, 0.15) is 27.2 Å². The summed E-state index contributed by atoms with van der Waals surface area (Å²) in [4.78, 5) is 14.5. The third kappa shape index (κ3) is 3.66. The Kier molecular flexibility index (Phi) is 4.61. The molecular formula is C12H20N4O2. The fourth-order valence-corrected chi connectivity index (χ4v) is 2.01. The summed E-state index contributed by atoms with van der Waals surface area (Å²) < 4.78 is 0. The molecule has 1 unspecified atom stereocenters. The molecule has 1 atom stereocenters. The van der Waals surface area contributed by atoms with E-state index in [0.29, 0.717) is 12.5 Å². The van der Waals surface area contributed by atoms with Crippen LogP contribution in [0, 0.1) is 16.0 Å². The molecular weight excluding hydrogens is 232 g/mol. The van der Waals surface area contributed by atoms with Gasteiger partial charge in [0.1, 0.15) is 0 Å². The molecule has 1 aromatic heterocycles. The van der Waals surface area contributed by atoms with E-state index in [0.717, 1.165) is 6.42 Å². The Morgan fingerprint density at radius 3 is 2.78 bits per heavy atom. The summed E-state index contributed by atoms with van der Waals surface area (Å²) in [5, 5.41) is 14.0. The van der Waals surface area contributed by atoms with Crippen molar-refractivity contribution in [2.24, 2.45) is 11.7 Å². The molecule has 6 nitrogen and oxygen atoms in total. The summed E-state index contributed by atoms with van der Waals surface area (Å²) in [5.41, 5.74) is 5.35. The van der Waals surface area contributed by atoms with Crippen molar-refractivity contribution in [1.82, 2.24) is 4.98 Å². The number of nitrogens with two attached hydrogens (primary N) is 1. The van der Waals surface area contributed by atoms with Crippen LogP contribution in [0.4, 0.5) is 11.5 Å². The first-order valence-electron chi connectivity index (χ1n) is 5.95. The first-order valence-corrected chi connectivity index (χ1v) is 5.95.